The molecule has 3 nitrogen and oxygen atoms in total. The third kappa shape index (κ3) is 3.49. The number of esters is 1. The smallest absolute Gasteiger partial charge is 0.319 e. The Labute approximate surface area is 99.0 Å². The molecule has 0 radical (unpaired) electrons. The highest BCUT2D eigenvalue weighted by Gasteiger charge is 2.16. The zero-order valence-electron chi connectivity index (χ0n) is 10.0. The first-order chi connectivity index (χ1) is 7.95. The highest BCUT2D eigenvalue weighted by Crippen LogP contribution is 2.20. The molecule has 94 valence electrons. The van der Waals surface area contributed by atoms with E-state index in [1.807, 2.05) is 0 Å². The van der Waals surface area contributed by atoms with Crippen molar-refractivity contribution >= 4 is 5.97 Å². The predicted octanol–water partition coefficient (Wildman–Crippen LogP) is 2.13. The van der Waals surface area contributed by atoms with Gasteiger partial charge in [-0.25, -0.2) is 8.78 Å². The highest BCUT2D eigenvalue weighted by atomic mass is 19.2. The van der Waals surface area contributed by atoms with Gasteiger partial charge in [0.1, 0.15) is 0 Å². The third-order valence-electron chi connectivity index (χ3n) is 2.69. The molecule has 5 heteroatoms. The highest BCUT2D eigenvalue weighted by molar-refractivity contribution is 5.71. The van der Waals surface area contributed by atoms with Crippen LogP contribution in [-0.4, -0.2) is 31.6 Å². The second-order valence-electron chi connectivity index (χ2n) is 3.84. The number of halogens is 2. The second kappa shape index (κ2) is 5.72. The van der Waals surface area contributed by atoms with Crippen LogP contribution in [0.15, 0.2) is 18.2 Å². The summed E-state index contributed by atoms with van der Waals surface area (Å²) in [4.78, 5) is 12.8. The van der Waals surface area contributed by atoms with Crippen LogP contribution in [0.2, 0.25) is 0 Å². The van der Waals surface area contributed by atoms with E-state index < -0.39 is 11.6 Å². The first-order valence-corrected chi connectivity index (χ1v) is 5.17. The lowest BCUT2D eigenvalue weighted by molar-refractivity contribution is -0.142. The lowest BCUT2D eigenvalue weighted by atomic mass is 10.1. The lowest BCUT2D eigenvalue weighted by Gasteiger charge is -2.23. The molecule has 0 heterocycles. The molecule has 0 aliphatic carbocycles. The molecule has 0 aromatic heterocycles. The minimum Gasteiger partial charge on any atom is -0.468 e. The van der Waals surface area contributed by atoms with E-state index in [4.69, 9.17) is 0 Å². The van der Waals surface area contributed by atoms with Crippen molar-refractivity contribution < 1.29 is 18.3 Å². The van der Waals surface area contributed by atoms with Gasteiger partial charge in [0, 0.05) is 6.04 Å². The van der Waals surface area contributed by atoms with E-state index in [0.29, 0.717) is 5.56 Å². The van der Waals surface area contributed by atoms with Crippen LogP contribution in [0.3, 0.4) is 0 Å². The van der Waals surface area contributed by atoms with Crippen LogP contribution in [0.25, 0.3) is 0 Å². The lowest BCUT2D eigenvalue weighted by Crippen LogP contribution is -2.29. The minimum absolute atomic E-state index is 0.0939. The van der Waals surface area contributed by atoms with Gasteiger partial charge in [-0.2, -0.15) is 0 Å². The molecule has 1 aromatic carbocycles. The molecule has 0 fully saturated rings. The fourth-order valence-electron chi connectivity index (χ4n) is 1.43. The normalized spacial score (nSPS) is 12.6. The summed E-state index contributed by atoms with van der Waals surface area (Å²) < 4.78 is 30.3. The largest absolute Gasteiger partial charge is 0.468 e. The van der Waals surface area contributed by atoms with Gasteiger partial charge in [-0.1, -0.05) is 6.07 Å². The first kappa shape index (κ1) is 13.6. The summed E-state index contributed by atoms with van der Waals surface area (Å²) in [6.07, 6.45) is 0. The summed E-state index contributed by atoms with van der Waals surface area (Å²) in [5.74, 6) is -2.14. The average Bonchev–Trinajstić information content (AvgIpc) is 2.31. The molecule has 17 heavy (non-hydrogen) atoms. The number of nitrogens with zero attached hydrogens (tertiary/aromatic N) is 1. The molecule has 0 amide bonds. The summed E-state index contributed by atoms with van der Waals surface area (Å²) in [5.41, 5.74) is 0.607. The Kier molecular flexibility index (Phi) is 4.57. The van der Waals surface area contributed by atoms with Gasteiger partial charge in [-0.15, -0.1) is 0 Å². The fourth-order valence-corrected chi connectivity index (χ4v) is 1.43. The molecule has 0 bridgehead atoms. The Bertz CT molecular complexity index is 409. The van der Waals surface area contributed by atoms with Gasteiger partial charge in [0.15, 0.2) is 11.6 Å². The van der Waals surface area contributed by atoms with Crippen molar-refractivity contribution in [2.75, 3.05) is 20.7 Å². The zero-order valence-corrected chi connectivity index (χ0v) is 10.0. The van der Waals surface area contributed by atoms with Gasteiger partial charge < -0.3 is 4.74 Å². The number of carbonyl (C=O) groups is 1. The van der Waals surface area contributed by atoms with Gasteiger partial charge >= 0.3 is 5.97 Å². The van der Waals surface area contributed by atoms with Gasteiger partial charge in [0.05, 0.1) is 13.7 Å². The van der Waals surface area contributed by atoms with Crippen molar-refractivity contribution in [1.82, 2.24) is 4.90 Å². The number of rotatable bonds is 4. The molecule has 0 saturated carbocycles. The van der Waals surface area contributed by atoms with E-state index in [0.717, 1.165) is 12.1 Å². The Morgan fingerprint density at radius 2 is 2.06 bits per heavy atom. The van der Waals surface area contributed by atoms with Gasteiger partial charge in [-0.3, -0.25) is 9.69 Å². The van der Waals surface area contributed by atoms with E-state index in [2.05, 4.69) is 4.74 Å². The van der Waals surface area contributed by atoms with Crippen LogP contribution in [0, 0.1) is 11.6 Å². The summed E-state index contributed by atoms with van der Waals surface area (Å²) in [6, 6.07) is 3.50. The Hall–Kier alpha value is -1.49. The van der Waals surface area contributed by atoms with Crippen molar-refractivity contribution in [3.8, 4) is 0 Å². The van der Waals surface area contributed by atoms with E-state index in [9.17, 15) is 13.6 Å². The van der Waals surface area contributed by atoms with Crippen LogP contribution in [-0.2, 0) is 9.53 Å². The van der Waals surface area contributed by atoms with Gasteiger partial charge in [-0.05, 0) is 31.7 Å². The van der Waals surface area contributed by atoms with Gasteiger partial charge in [0.25, 0.3) is 0 Å². The molecule has 1 aromatic rings. The van der Waals surface area contributed by atoms with E-state index in [-0.39, 0.29) is 18.6 Å². The number of methoxy groups -OCH3 is 1. The number of ether oxygens (including phenoxy) is 1. The topological polar surface area (TPSA) is 29.5 Å². The SMILES string of the molecule is COC(=O)CN(C)[C@H](C)c1ccc(F)c(F)c1. The maximum Gasteiger partial charge on any atom is 0.319 e. The van der Waals surface area contributed by atoms with Crippen LogP contribution in [0.4, 0.5) is 8.78 Å². The van der Waals surface area contributed by atoms with Gasteiger partial charge in [0.2, 0.25) is 0 Å². The Morgan fingerprint density at radius 3 is 2.59 bits per heavy atom. The van der Waals surface area contributed by atoms with E-state index in [1.54, 1.807) is 18.9 Å². The molecular formula is C12H15F2NO2. The average molecular weight is 243 g/mol. The maximum atomic E-state index is 13.0. The number of hydrogen-bond donors (Lipinski definition) is 0. The Morgan fingerprint density at radius 1 is 1.41 bits per heavy atom. The molecule has 0 spiro atoms. The standard InChI is InChI=1S/C12H15F2NO2/c1-8(15(2)7-12(16)17-3)9-4-5-10(13)11(14)6-9/h4-6,8H,7H2,1-3H3/t8-/m1/s1. The number of carbonyl (C=O) groups excluding carboxylic acids is 1. The van der Waals surface area contributed by atoms with Crippen molar-refractivity contribution in [3.63, 3.8) is 0 Å². The molecule has 0 aliphatic rings. The van der Waals surface area contributed by atoms with Crippen molar-refractivity contribution in [1.29, 1.82) is 0 Å². The summed E-state index contributed by atoms with van der Waals surface area (Å²) in [7, 11) is 3.02. The molecule has 0 saturated heterocycles. The predicted molar refractivity (Wildman–Crippen MR) is 59.4 cm³/mol. The quantitative estimate of drug-likeness (QED) is 0.759. The van der Waals surface area contributed by atoms with Crippen LogP contribution in [0.1, 0.15) is 18.5 Å². The second-order valence-corrected chi connectivity index (χ2v) is 3.84. The third-order valence-corrected chi connectivity index (χ3v) is 2.69. The summed E-state index contributed by atoms with van der Waals surface area (Å²) in [5, 5.41) is 0. The number of benzene rings is 1. The van der Waals surface area contributed by atoms with E-state index >= 15 is 0 Å². The van der Waals surface area contributed by atoms with E-state index in [1.165, 1.54) is 13.2 Å². The monoisotopic (exact) mass is 243 g/mol. The summed E-state index contributed by atoms with van der Waals surface area (Å²) in [6.45, 7) is 1.90. The fraction of sp³-hybridized carbons (Fsp3) is 0.417. The Balaban J connectivity index is 2.77. The van der Waals surface area contributed by atoms with Crippen LogP contribution in [0.5, 0.6) is 0 Å². The number of hydrogen-bond acceptors (Lipinski definition) is 3. The van der Waals surface area contributed by atoms with Crippen molar-refractivity contribution in [2.24, 2.45) is 0 Å². The molecule has 0 aliphatic heterocycles. The molecule has 0 N–H and O–H groups in total. The van der Waals surface area contributed by atoms with Crippen molar-refractivity contribution in [3.05, 3.63) is 35.4 Å². The van der Waals surface area contributed by atoms with Crippen LogP contribution >= 0.6 is 0 Å². The summed E-state index contributed by atoms with van der Waals surface area (Å²) >= 11 is 0. The first-order valence-electron chi connectivity index (χ1n) is 5.17. The van der Waals surface area contributed by atoms with Crippen LogP contribution < -0.4 is 0 Å². The zero-order chi connectivity index (χ0) is 13.0. The molecule has 1 rings (SSSR count). The molecule has 1 atom stereocenters. The molecular weight excluding hydrogens is 228 g/mol. The maximum absolute atomic E-state index is 13.0. The van der Waals surface area contributed by atoms with Crippen molar-refractivity contribution in [2.45, 2.75) is 13.0 Å². The minimum atomic E-state index is -0.888. The molecule has 0 unspecified atom stereocenters. The number of likely N-dealkylation sites (N-methyl/N-ethyl adjacent to an activating group) is 1.